The molecule has 0 unspecified atom stereocenters. The third-order valence-corrected chi connectivity index (χ3v) is 2.74. The highest BCUT2D eigenvalue weighted by atomic mass is 15.0. The van der Waals surface area contributed by atoms with Gasteiger partial charge in [0.1, 0.15) is 5.54 Å². The molecule has 0 radical (unpaired) electrons. The van der Waals surface area contributed by atoms with Crippen molar-refractivity contribution in [1.82, 2.24) is 0 Å². The number of nitrogens with one attached hydrogen (secondary N) is 1. The highest BCUT2D eigenvalue weighted by molar-refractivity contribution is 5.50. The van der Waals surface area contributed by atoms with Gasteiger partial charge in [-0.25, -0.2) is 0 Å². The van der Waals surface area contributed by atoms with Crippen LogP contribution in [0.5, 0.6) is 0 Å². The molecule has 2 nitrogen and oxygen atoms in total. The molecular weight excluding hydrogens is 208 g/mol. The Balaban J connectivity index is 2.31. The second-order valence-corrected chi connectivity index (χ2v) is 4.09. The van der Waals surface area contributed by atoms with Gasteiger partial charge in [-0.15, -0.1) is 0 Å². The van der Waals surface area contributed by atoms with Gasteiger partial charge in [0.25, 0.3) is 0 Å². The predicted molar refractivity (Wildman–Crippen MR) is 69.5 cm³/mol. The third kappa shape index (κ3) is 2.46. The lowest BCUT2D eigenvalue weighted by molar-refractivity contribution is 0.706. The van der Waals surface area contributed by atoms with Crippen LogP contribution in [0.4, 0.5) is 5.69 Å². The van der Waals surface area contributed by atoms with Crippen molar-refractivity contribution < 1.29 is 0 Å². The van der Waals surface area contributed by atoms with E-state index in [1.54, 1.807) is 0 Å². The third-order valence-electron chi connectivity index (χ3n) is 2.74. The Labute approximate surface area is 102 Å². The van der Waals surface area contributed by atoms with Crippen LogP contribution in [0, 0.1) is 11.3 Å². The Kier molecular flexibility index (Phi) is 3.11. The lowest BCUT2D eigenvalue weighted by Gasteiger charge is -2.25. The molecule has 84 valence electrons. The SMILES string of the molecule is C[C@](C#N)(Nc1ccccc1)c1ccccc1. The first-order valence-corrected chi connectivity index (χ1v) is 5.54. The summed E-state index contributed by atoms with van der Waals surface area (Å²) in [7, 11) is 0. The second-order valence-electron chi connectivity index (χ2n) is 4.09. The van der Waals surface area contributed by atoms with Crippen molar-refractivity contribution in [2.45, 2.75) is 12.5 Å². The molecule has 0 saturated carbocycles. The fourth-order valence-electron chi connectivity index (χ4n) is 1.75. The molecule has 0 aliphatic rings. The van der Waals surface area contributed by atoms with Crippen LogP contribution in [0.2, 0.25) is 0 Å². The van der Waals surface area contributed by atoms with Crippen molar-refractivity contribution in [3.8, 4) is 6.07 Å². The van der Waals surface area contributed by atoms with Crippen LogP contribution in [-0.4, -0.2) is 0 Å². The maximum absolute atomic E-state index is 9.39. The van der Waals surface area contributed by atoms with Gasteiger partial charge in [0.05, 0.1) is 6.07 Å². The van der Waals surface area contributed by atoms with Crippen molar-refractivity contribution in [3.05, 3.63) is 66.2 Å². The van der Waals surface area contributed by atoms with Gasteiger partial charge in [0.2, 0.25) is 0 Å². The second kappa shape index (κ2) is 4.71. The van der Waals surface area contributed by atoms with Crippen LogP contribution in [0.15, 0.2) is 60.7 Å². The van der Waals surface area contributed by atoms with Crippen LogP contribution in [-0.2, 0) is 5.54 Å². The van der Waals surface area contributed by atoms with E-state index in [0.29, 0.717) is 0 Å². The standard InChI is InChI=1S/C15H14N2/c1-15(12-16,13-8-4-2-5-9-13)17-14-10-6-3-7-11-14/h2-11,17H,1H3/t15-/m1/s1. The molecule has 0 fully saturated rings. The number of anilines is 1. The number of nitriles is 1. The predicted octanol–water partition coefficient (Wildman–Crippen LogP) is 3.54. The van der Waals surface area contributed by atoms with Gasteiger partial charge < -0.3 is 5.32 Å². The number of para-hydroxylation sites is 1. The van der Waals surface area contributed by atoms with E-state index in [1.807, 2.05) is 67.6 Å². The minimum atomic E-state index is -0.706. The molecule has 0 spiro atoms. The van der Waals surface area contributed by atoms with E-state index in [9.17, 15) is 5.26 Å². The molecule has 2 aromatic carbocycles. The summed E-state index contributed by atoms with van der Waals surface area (Å²) in [5.74, 6) is 0. The van der Waals surface area contributed by atoms with Crippen LogP contribution < -0.4 is 5.32 Å². The number of hydrogen-bond acceptors (Lipinski definition) is 2. The van der Waals surface area contributed by atoms with Gasteiger partial charge in [-0.1, -0.05) is 48.5 Å². The summed E-state index contributed by atoms with van der Waals surface area (Å²) >= 11 is 0. The summed E-state index contributed by atoms with van der Waals surface area (Å²) in [6.45, 7) is 1.88. The van der Waals surface area contributed by atoms with Crippen LogP contribution in [0.1, 0.15) is 12.5 Å². The topological polar surface area (TPSA) is 35.8 Å². The maximum Gasteiger partial charge on any atom is 0.148 e. The Hall–Kier alpha value is -2.27. The summed E-state index contributed by atoms with van der Waals surface area (Å²) in [6.07, 6.45) is 0. The van der Waals surface area contributed by atoms with E-state index in [-0.39, 0.29) is 0 Å². The maximum atomic E-state index is 9.39. The first-order chi connectivity index (χ1) is 8.24. The van der Waals surface area contributed by atoms with Crippen LogP contribution >= 0.6 is 0 Å². The molecule has 0 heterocycles. The summed E-state index contributed by atoms with van der Waals surface area (Å²) < 4.78 is 0. The lowest BCUT2D eigenvalue weighted by Crippen LogP contribution is -2.29. The zero-order chi connectivity index (χ0) is 12.1. The van der Waals surface area contributed by atoms with E-state index >= 15 is 0 Å². The molecule has 2 aromatic rings. The van der Waals surface area contributed by atoms with Crippen molar-refractivity contribution in [2.24, 2.45) is 0 Å². The summed E-state index contributed by atoms with van der Waals surface area (Å²) in [5.41, 5.74) is 1.20. The molecule has 2 heteroatoms. The van der Waals surface area contributed by atoms with E-state index in [2.05, 4.69) is 11.4 Å². The molecule has 17 heavy (non-hydrogen) atoms. The average Bonchev–Trinajstić information content (AvgIpc) is 2.41. The molecule has 1 N–H and O–H groups in total. The zero-order valence-electron chi connectivity index (χ0n) is 9.72. The average molecular weight is 222 g/mol. The van der Waals surface area contributed by atoms with E-state index in [4.69, 9.17) is 0 Å². The highest BCUT2D eigenvalue weighted by Crippen LogP contribution is 2.24. The van der Waals surface area contributed by atoms with E-state index in [1.165, 1.54) is 0 Å². The number of hydrogen-bond donors (Lipinski definition) is 1. The summed E-state index contributed by atoms with van der Waals surface area (Å²) in [5, 5.41) is 12.6. The Morgan fingerprint density at radius 1 is 0.941 bits per heavy atom. The molecular formula is C15H14N2. The fourth-order valence-corrected chi connectivity index (χ4v) is 1.75. The highest BCUT2D eigenvalue weighted by Gasteiger charge is 2.25. The molecule has 0 amide bonds. The van der Waals surface area contributed by atoms with E-state index < -0.39 is 5.54 Å². The largest absolute Gasteiger partial charge is 0.364 e. The molecule has 1 atom stereocenters. The van der Waals surface area contributed by atoms with Crippen molar-refractivity contribution in [1.29, 1.82) is 5.26 Å². The fraction of sp³-hybridized carbons (Fsp3) is 0.133. The first-order valence-electron chi connectivity index (χ1n) is 5.54. The minimum absolute atomic E-state index is 0.706. The molecule has 0 aliphatic carbocycles. The summed E-state index contributed by atoms with van der Waals surface area (Å²) in [6, 6.07) is 21.8. The lowest BCUT2D eigenvalue weighted by atomic mass is 9.93. The first kappa shape index (κ1) is 11.2. The van der Waals surface area contributed by atoms with Crippen LogP contribution in [0.25, 0.3) is 0 Å². The molecule has 0 aromatic heterocycles. The molecule has 0 saturated heterocycles. The van der Waals surface area contributed by atoms with Gasteiger partial charge in [-0.2, -0.15) is 5.26 Å². The Morgan fingerprint density at radius 2 is 1.47 bits per heavy atom. The van der Waals surface area contributed by atoms with Gasteiger partial charge in [-0.05, 0) is 24.6 Å². The monoisotopic (exact) mass is 222 g/mol. The van der Waals surface area contributed by atoms with Gasteiger partial charge in [-0.3, -0.25) is 0 Å². The van der Waals surface area contributed by atoms with Crippen molar-refractivity contribution in [2.75, 3.05) is 5.32 Å². The van der Waals surface area contributed by atoms with Crippen molar-refractivity contribution in [3.63, 3.8) is 0 Å². The minimum Gasteiger partial charge on any atom is -0.364 e. The van der Waals surface area contributed by atoms with Crippen molar-refractivity contribution >= 4 is 5.69 Å². The van der Waals surface area contributed by atoms with Crippen LogP contribution in [0.3, 0.4) is 0 Å². The Morgan fingerprint density at radius 3 is 2.00 bits per heavy atom. The quantitative estimate of drug-likeness (QED) is 0.862. The Bertz CT molecular complexity index is 514. The molecule has 2 rings (SSSR count). The van der Waals surface area contributed by atoms with Gasteiger partial charge in [0, 0.05) is 5.69 Å². The number of nitrogens with zero attached hydrogens (tertiary/aromatic N) is 1. The van der Waals surface area contributed by atoms with Gasteiger partial charge >= 0.3 is 0 Å². The molecule has 0 bridgehead atoms. The van der Waals surface area contributed by atoms with E-state index in [0.717, 1.165) is 11.3 Å². The van der Waals surface area contributed by atoms with Gasteiger partial charge in [0.15, 0.2) is 0 Å². The zero-order valence-corrected chi connectivity index (χ0v) is 9.72. The normalized spacial score (nSPS) is 13.4. The molecule has 0 aliphatic heterocycles. The summed E-state index contributed by atoms with van der Waals surface area (Å²) in [4.78, 5) is 0. The smallest absolute Gasteiger partial charge is 0.148 e. The number of benzene rings is 2. The number of rotatable bonds is 3.